The van der Waals surface area contributed by atoms with Gasteiger partial charge in [-0.15, -0.1) is 0 Å². The number of imide groups is 1. The molecule has 3 aliphatic carbocycles. The van der Waals surface area contributed by atoms with Crippen molar-refractivity contribution in [1.29, 1.82) is 0 Å². The quantitative estimate of drug-likeness (QED) is 0.596. The van der Waals surface area contributed by atoms with Gasteiger partial charge in [-0.1, -0.05) is 24.3 Å². The number of carbonyl (C=O) groups excluding carboxylic acids is 3. The number of anilines is 1. The molecule has 5 heteroatoms. The molecule has 4 atom stereocenters. The summed E-state index contributed by atoms with van der Waals surface area (Å²) in [4.78, 5) is 37.6. The summed E-state index contributed by atoms with van der Waals surface area (Å²) in [5.74, 6) is -2.05. The summed E-state index contributed by atoms with van der Waals surface area (Å²) >= 11 is 0. The highest BCUT2D eigenvalue weighted by molar-refractivity contribution is 6.22. The minimum absolute atomic E-state index is 0.0333. The maximum Gasteiger partial charge on any atom is 0.238 e. The lowest BCUT2D eigenvalue weighted by atomic mass is 9.63. The van der Waals surface area contributed by atoms with E-state index in [1.165, 1.54) is 23.1 Å². The van der Waals surface area contributed by atoms with E-state index in [4.69, 9.17) is 0 Å². The number of hydrogen-bond donors (Lipinski definition) is 0. The molecular formula is C17H14NO4-. The molecular weight excluding hydrogens is 282 g/mol. The Morgan fingerprint density at radius 3 is 2.14 bits per heavy atom. The van der Waals surface area contributed by atoms with Gasteiger partial charge in [-0.05, 0) is 42.4 Å². The van der Waals surface area contributed by atoms with E-state index in [1.807, 2.05) is 0 Å². The fourth-order valence-corrected chi connectivity index (χ4v) is 4.10. The van der Waals surface area contributed by atoms with Crippen LogP contribution in [0.2, 0.25) is 0 Å². The number of aromatic carboxylic acids is 1. The lowest BCUT2D eigenvalue weighted by Gasteiger charge is -2.38. The Morgan fingerprint density at radius 1 is 1.05 bits per heavy atom. The molecule has 0 N–H and O–H groups in total. The molecule has 1 heterocycles. The molecule has 0 aromatic heterocycles. The minimum Gasteiger partial charge on any atom is -0.545 e. The van der Waals surface area contributed by atoms with E-state index in [0.29, 0.717) is 5.69 Å². The molecule has 5 rings (SSSR count). The van der Waals surface area contributed by atoms with Gasteiger partial charge < -0.3 is 9.90 Å². The van der Waals surface area contributed by atoms with Crippen molar-refractivity contribution in [2.75, 3.05) is 4.90 Å². The Labute approximate surface area is 127 Å². The van der Waals surface area contributed by atoms with E-state index in [9.17, 15) is 19.5 Å². The highest BCUT2D eigenvalue weighted by atomic mass is 16.4. The van der Waals surface area contributed by atoms with Gasteiger partial charge in [0, 0.05) is 0 Å². The third kappa shape index (κ3) is 1.68. The van der Waals surface area contributed by atoms with Crippen molar-refractivity contribution in [3.05, 3.63) is 42.0 Å². The lowest BCUT2D eigenvalue weighted by molar-refractivity contribution is -0.255. The first kappa shape index (κ1) is 13.2. The highest BCUT2D eigenvalue weighted by Crippen LogP contribution is 2.50. The number of allylic oxidation sites excluding steroid dienone is 2. The second-order valence-corrected chi connectivity index (χ2v) is 6.19. The van der Waals surface area contributed by atoms with Crippen LogP contribution in [0.3, 0.4) is 0 Å². The van der Waals surface area contributed by atoms with Crippen LogP contribution in [-0.2, 0) is 9.59 Å². The van der Waals surface area contributed by atoms with Crippen LogP contribution in [0.25, 0.3) is 0 Å². The van der Waals surface area contributed by atoms with Crippen LogP contribution < -0.4 is 10.0 Å². The first-order valence-electron chi connectivity index (χ1n) is 7.45. The molecule has 1 saturated carbocycles. The van der Waals surface area contributed by atoms with E-state index < -0.39 is 5.97 Å². The van der Waals surface area contributed by atoms with Gasteiger partial charge in [0.1, 0.15) is 0 Å². The highest BCUT2D eigenvalue weighted by Gasteiger charge is 2.56. The van der Waals surface area contributed by atoms with Gasteiger partial charge in [0.2, 0.25) is 11.8 Å². The summed E-state index contributed by atoms with van der Waals surface area (Å²) in [5.41, 5.74) is 0.291. The number of rotatable bonds is 2. The number of hydrogen-bond acceptors (Lipinski definition) is 4. The van der Waals surface area contributed by atoms with Crippen molar-refractivity contribution in [1.82, 2.24) is 0 Å². The molecule has 2 fully saturated rings. The van der Waals surface area contributed by atoms with Crippen molar-refractivity contribution < 1.29 is 19.5 Å². The molecule has 4 aliphatic rings. The van der Waals surface area contributed by atoms with Gasteiger partial charge in [0.15, 0.2) is 0 Å². The third-order valence-corrected chi connectivity index (χ3v) is 5.10. The number of fused-ring (bicyclic) bond motifs is 1. The van der Waals surface area contributed by atoms with Crippen molar-refractivity contribution in [3.8, 4) is 0 Å². The molecule has 1 saturated heterocycles. The van der Waals surface area contributed by atoms with Gasteiger partial charge in [-0.2, -0.15) is 0 Å². The maximum atomic E-state index is 12.7. The summed E-state index contributed by atoms with van der Waals surface area (Å²) in [6.45, 7) is 0. The van der Waals surface area contributed by atoms with Gasteiger partial charge in [0.25, 0.3) is 0 Å². The molecule has 2 bridgehead atoms. The zero-order valence-electron chi connectivity index (χ0n) is 11.8. The molecule has 0 radical (unpaired) electrons. The molecule has 22 heavy (non-hydrogen) atoms. The van der Waals surface area contributed by atoms with Gasteiger partial charge >= 0.3 is 0 Å². The van der Waals surface area contributed by atoms with Gasteiger partial charge in [-0.25, -0.2) is 4.90 Å². The van der Waals surface area contributed by atoms with E-state index >= 15 is 0 Å². The molecule has 1 aliphatic heterocycles. The van der Waals surface area contributed by atoms with Crippen molar-refractivity contribution in [3.63, 3.8) is 0 Å². The number of carboxylic acids is 1. The van der Waals surface area contributed by atoms with Crippen LogP contribution in [0.1, 0.15) is 23.2 Å². The van der Waals surface area contributed by atoms with Crippen LogP contribution in [0.5, 0.6) is 0 Å². The van der Waals surface area contributed by atoms with Gasteiger partial charge in [0.05, 0.1) is 23.5 Å². The smallest absolute Gasteiger partial charge is 0.238 e. The Bertz CT molecular complexity index is 691. The summed E-state index contributed by atoms with van der Waals surface area (Å²) in [6, 6.07) is 5.84. The first-order valence-corrected chi connectivity index (χ1v) is 7.45. The maximum absolute atomic E-state index is 12.7. The fourth-order valence-electron chi connectivity index (χ4n) is 4.10. The van der Waals surface area contributed by atoms with Crippen LogP contribution in [0, 0.1) is 23.7 Å². The Hall–Kier alpha value is -2.43. The summed E-state index contributed by atoms with van der Waals surface area (Å²) in [7, 11) is 0. The Balaban J connectivity index is 1.75. The zero-order chi connectivity index (χ0) is 15.4. The van der Waals surface area contributed by atoms with E-state index in [1.54, 1.807) is 6.07 Å². The van der Waals surface area contributed by atoms with Crippen LogP contribution >= 0.6 is 0 Å². The van der Waals surface area contributed by atoms with Crippen LogP contribution in [-0.4, -0.2) is 17.8 Å². The number of nitrogens with zero attached hydrogens (tertiary/aromatic N) is 1. The molecule has 0 unspecified atom stereocenters. The Morgan fingerprint density at radius 2 is 1.64 bits per heavy atom. The lowest BCUT2D eigenvalue weighted by Crippen LogP contribution is -2.38. The number of carboxylic acid groups (broad SMARTS) is 1. The van der Waals surface area contributed by atoms with Gasteiger partial charge in [-0.3, -0.25) is 9.59 Å². The second kappa shape index (κ2) is 4.53. The first-order chi connectivity index (χ1) is 10.6. The average Bonchev–Trinajstić information content (AvgIpc) is 2.82. The van der Waals surface area contributed by atoms with Crippen LogP contribution in [0.4, 0.5) is 5.69 Å². The second-order valence-electron chi connectivity index (χ2n) is 6.19. The third-order valence-electron chi connectivity index (χ3n) is 5.10. The Kier molecular flexibility index (Phi) is 2.73. The predicted molar refractivity (Wildman–Crippen MR) is 75.6 cm³/mol. The topological polar surface area (TPSA) is 77.5 Å². The molecule has 1 aromatic rings. The summed E-state index contributed by atoms with van der Waals surface area (Å²) in [5, 5.41) is 11.0. The van der Waals surface area contributed by atoms with E-state index in [-0.39, 0.29) is 41.0 Å². The normalized spacial score (nSPS) is 32.5. The van der Waals surface area contributed by atoms with E-state index in [2.05, 4.69) is 12.2 Å². The molecule has 5 nitrogen and oxygen atoms in total. The monoisotopic (exact) mass is 296 g/mol. The number of amides is 2. The fraction of sp³-hybridized carbons (Fsp3) is 0.353. The number of benzene rings is 1. The van der Waals surface area contributed by atoms with Crippen molar-refractivity contribution in [2.24, 2.45) is 23.7 Å². The van der Waals surface area contributed by atoms with Crippen molar-refractivity contribution in [2.45, 2.75) is 12.8 Å². The molecule has 112 valence electrons. The average molecular weight is 296 g/mol. The molecule has 2 amide bonds. The zero-order valence-corrected chi connectivity index (χ0v) is 11.8. The predicted octanol–water partition coefficient (Wildman–Crippen LogP) is 0.752. The molecule has 1 aromatic carbocycles. The van der Waals surface area contributed by atoms with E-state index in [0.717, 1.165) is 12.8 Å². The minimum atomic E-state index is -1.32. The standard InChI is InChI=1S/C17H15NO4/c19-15-13-9-4-5-10(7-6-9)14(13)16(20)18(15)12-3-1-2-11(8-12)17(21)22/h1-5,8-10,13-14H,6-7H2,(H,21,22)/p-1/t9-,10-,13-,14-/m0/s1. The largest absolute Gasteiger partial charge is 0.545 e. The number of carbonyl (C=O) groups is 3. The van der Waals surface area contributed by atoms with Crippen molar-refractivity contribution >= 4 is 23.5 Å². The van der Waals surface area contributed by atoms with Crippen LogP contribution in [0.15, 0.2) is 36.4 Å². The SMILES string of the molecule is O=C([O-])c1cccc(N2C(=O)[C@@H]3[C@@H](C2=O)[C@H]2C=C[C@H]3CC2)c1. The molecule has 0 spiro atoms. The summed E-state index contributed by atoms with van der Waals surface area (Å²) < 4.78 is 0. The summed E-state index contributed by atoms with van der Waals surface area (Å²) in [6.07, 6.45) is 5.99.